The topological polar surface area (TPSA) is 91.4 Å². The summed E-state index contributed by atoms with van der Waals surface area (Å²) >= 11 is 0. The van der Waals surface area contributed by atoms with Gasteiger partial charge in [-0.3, -0.25) is 4.79 Å². The molecule has 0 radical (unpaired) electrons. The molecule has 3 aromatic rings. The first-order valence-electron chi connectivity index (χ1n) is 9.03. The van der Waals surface area contributed by atoms with Gasteiger partial charge >= 0.3 is 5.97 Å². The van der Waals surface area contributed by atoms with Gasteiger partial charge in [0, 0.05) is 29.1 Å². The number of benzene rings is 2. The molecule has 3 N–H and O–H groups in total. The molecule has 0 aliphatic carbocycles. The third kappa shape index (κ3) is 3.43. The number of carbonyl (C=O) groups excluding carboxylic acids is 1. The van der Waals surface area contributed by atoms with Crippen LogP contribution in [0.5, 0.6) is 5.75 Å². The maximum atomic E-state index is 13.4. The van der Waals surface area contributed by atoms with E-state index in [0.717, 1.165) is 10.9 Å². The second-order valence-corrected chi connectivity index (χ2v) is 6.83. The van der Waals surface area contributed by atoms with E-state index in [9.17, 15) is 19.1 Å². The van der Waals surface area contributed by atoms with E-state index in [1.165, 1.54) is 12.1 Å². The largest absolute Gasteiger partial charge is 0.493 e. The Morgan fingerprint density at radius 2 is 2.11 bits per heavy atom. The van der Waals surface area contributed by atoms with Crippen molar-refractivity contribution < 1.29 is 23.8 Å². The predicted molar refractivity (Wildman–Crippen MR) is 101 cm³/mol. The fraction of sp³-hybridized carbons (Fsp3) is 0.238. The zero-order chi connectivity index (χ0) is 19.7. The second-order valence-electron chi connectivity index (χ2n) is 6.83. The van der Waals surface area contributed by atoms with Crippen molar-refractivity contribution in [3.05, 3.63) is 65.6 Å². The lowest BCUT2D eigenvalue weighted by atomic mass is 9.92. The number of hydrogen-bond donors (Lipinski definition) is 3. The maximum Gasteiger partial charge on any atom is 0.326 e. The number of carboxylic acid groups (broad SMARTS) is 1. The maximum absolute atomic E-state index is 13.4. The first kappa shape index (κ1) is 18.0. The van der Waals surface area contributed by atoms with Crippen molar-refractivity contribution in [2.45, 2.75) is 24.8 Å². The summed E-state index contributed by atoms with van der Waals surface area (Å²) in [7, 11) is 0. The van der Waals surface area contributed by atoms with Crippen LogP contribution in [0.4, 0.5) is 4.39 Å². The highest BCUT2D eigenvalue weighted by Gasteiger charge is 2.31. The Hall–Kier alpha value is -3.35. The molecule has 4 rings (SSSR count). The second kappa shape index (κ2) is 7.34. The molecule has 0 unspecified atom stereocenters. The molecule has 0 bridgehead atoms. The van der Waals surface area contributed by atoms with Gasteiger partial charge in [-0.25, -0.2) is 9.18 Å². The number of aromatic amines is 1. The number of aromatic nitrogens is 1. The van der Waals surface area contributed by atoms with Crippen LogP contribution in [0.2, 0.25) is 0 Å². The van der Waals surface area contributed by atoms with E-state index >= 15 is 0 Å². The Morgan fingerprint density at radius 3 is 2.93 bits per heavy atom. The average Bonchev–Trinajstić information content (AvgIpc) is 3.08. The monoisotopic (exact) mass is 382 g/mol. The smallest absolute Gasteiger partial charge is 0.326 e. The van der Waals surface area contributed by atoms with Crippen LogP contribution in [-0.2, 0) is 16.0 Å². The molecular weight excluding hydrogens is 363 g/mol. The third-order valence-electron chi connectivity index (χ3n) is 5.04. The van der Waals surface area contributed by atoms with Crippen LogP contribution >= 0.6 is 0 Å². The number of carboxylic acids is 1. The highest BCUT2D eigenvalue weighted by atomic mass is 19.1. The Labute approximate surface area is 160 Å². The normalized spacial score (nSPS) is 16.8. The van der Waals surface area contributed by atoms with Crippen LogP contribution in [0, 0.1) is 5.82 Å². The zero-order valence-corrected chi connectivity index (χ0v) is 14.9. The summed E-state index contributed by atoms with van der Waals surface area (Å²) in [4.78, 5) is 27.5. The van der Waals surface area contributed by atoms with E-state index in [0.29, 0.717) is 29.9 Å². The minimum Gasteiger partial charge on any atom is -0.493 e. The number of H-pyrrole nitrogens is 1. The van der Waals surface area contributed by atoms with Crippen LogP contribution in [0.3, 0.4) is 0 Å². The molecule has 0 saturated carbocycles. The summed E-state index contributed by atoms with van der Waals surface area (Å²) in [6.07, 6.45) is 2.23. The molecule has 2 heterocycles. The Kier molecular flexibility index (Phi) is 4.73. The van der Waals surface area contributed by atoms with Gasteiger partial charge in [0.05, 0.1) is 12.5 Å². The highest BCUT2D eigenvalue weighted by Crippen LogP contribution is 2.33. The van der Waals surface area contributed by atoms with Crippen molar-refractivity contribution in [3.63, 3.8) is 0 Å². The van der Waals surface area contributed by atoms with Crippen LogP contribution in [0.1, 0.15) is 23.5 Å². The van der Waals surface area contributed by atoms with Crippen LogP contribution in [0.25, 0.3) is 10.9 Å². The number of rotatable bonds is 5. The number of fused-ring (bicyclic) bond motifs is 2. The molecule has 2 aromatic carbocycles. The Bertz CT molecular complexity index is 1050. The number of ether oxygens (including phenoxy) is 1. The summed E-state index contributed by atoms with van der Waals surface area (Å²) in [6.45, 7) is 0.404. The lowest BCUT2D eigenvalue weighted by Crippen LogP contribution is -2.45. The fourth-order valence-electron chi connectivity index (χ4n) is 3.63. The van der Waals surface area contributed by atoms with Crippen molar-refractivity contribution in [1.29, 1.82) is 0 Å². The summed E-state index contributed by atoms with van der Waals surface area (Å²) in [5.74, 6) is -1.63. The lowest BCUT2D eigenvalue weighted by Gasteiger charge is -2.26. The average molecular weight is 382 g/mol. The molecule has 1 aliphatic rings. The van der Waals surface area contributed by atoms with Crippen LogP contribution in [0.15, 0.2) is 48.7 Å². The molecular formula is C21H19FN2O4. The molecule has 1 amide bonds. The van der Waals surface area contributed by atoms with Gasteiger partial charge < -0.3 is 20.1 Å². The van der Waals surface area contributed by atoms with Gasteiger partial charge in [-0.15, -0.1) is 0 Å². The molecule has 28 heavy (non-hydrogen) atoms. The van der Waals surface area contributed by atoms with Gasteiger partial charge in [0.1, 0.15) is 17.6 Å². The number of para-hydroxylation sites is 1. The molecule has 7 heteroatoms. The molecule has 0 spiro atoms. The third-order valence-corrected chi connectivity index (χ3v) is 5.04. The van der Waals surface area contributed by atoms with Gasteiger partial charge in [-0.05, 0) is 36.2 Å². The number of amides is 1. The molecule has 0 saturated heterocycles. The predicted octanol–water partition coefficient (Wildman–Crippen LogP) is 2.99. The number of carbonyl (C=O) groups is 2. The van der Waals surface area contributed by atoms with Gasteiger partial charge in [-0.2, -0.15) is 0 Å². The Morgan fingerprint density at radius 1 is 1.29 bits per heavy atom. The lowest BCUT2D eigenvalue weighted by molar-refractivity contribution is -0.142. The first-order chi connectivity index (χ1) is 13.5. The molecule has 1 aliphatic heterocycles. The first-order valence-corrected chi connectivity index (χ1v) is 9.03. The van der Waals surface area contributed by atoms with E-state index in [1.807, 2.05) is 18.2 Å². The minimum absolute atomic E-state index is 0.0948. The van der Waals surface area contributed by atoms with Crippen molar-refractivity contribution in [2.24, 2.45) is 0 Å². The van der Waals surface area contributed by atoms with Crippen molar-refractivity contribution in [2.75, 3.05) is 6.61 Å². The molecule has 2 atom stereocenters. The van der Waals surface area contributed by atoms with Crippen molar-refractivity contribution in [1.82, 2.24) is 10.3 Å². The van der Waals surface area contributed by atoms with Gasteiger partial charge in [0.2, 0.25) is 5.91 Å². The van der Waals surface area contributed by atoms with Crippen molar-refractivity contribution >= 4 is 22.8 Å². The minimum atomic E-state index is -1.12. The fourth-order valence-corrected chi connectivity index (χ4v) is 3.63. The molecule has 0 fully saturated rings. The van der Waals surface area contributed by atoms with Crippen LogP contribution in [-0.4, -0.2) is 34.6 Å². The summed E-state index contributed by atoms with van der Waals surface area (Å²) in [6, 6.07) is 10.5. The van der Waals surface area contributed by atoms with Crippen LogP contribution < -0.4 is 10.1 Å². The number of hydrogen-bond acceptors (Lipinski definition) is 3. The number of nitrogens with one attached hydrogen (secondary N) is 2. The SMILES string of the molecule is O=C(O)[C@@H](Cc1c[nH]c2cc(F)ccc12)NC(=O)[C@@H]1CCOc2ccccc21. The van der Waals surface area contributed by atoms with E-state index in [2.05, 4.69) is 10.3 Å². The van der Waals surface area contributed by atoms with E-state index < -0.39 is 17.9 Å². The van der Waals surface area contributed by atoms with E-state index in [4.69, 9.17) is 4.74 Å². The highest BCUT2D eigenvalue weighted by molar-refractivity contribution is 5.90. The summed E-state index contributed by atoms with van der Waals surface area (Å²) < 4.78 is 18.9. The molecule has 6 nitrogen and oxygen atoms in total. The quantitative estimate of drug-likeness (QED) is 0.633. The standard InChI is InChI=1S/C21H19FN2O4/c22-13-5-6-14-12(11-23-17(14)10-13)9-18(21(26)27)24-20(25)16-7-8-28-19-4-2-1-3-15(16)19/h1-6,10-11,16,18,23H,7-9H2,(H,24,25)(H,26,27)/t16-,18-/m1/s1. The molecule has 1 aromatic heterocycles. The summed E-state index contributed by atoms with van der Waals surface area (Å²) in [5, 5.41) is 13.0. The van der Waals surface area contributed by atoms with Gasteiger partial charge in [-0.1, -0.05) is 18.2 Å². The van der Waals surface area contributed by atoms with Gasteiger partial charge in [0.15, 0.2) is 0 Å². The van der Waals surface area contributed by atoms with Crippen molar-refractivity contribution in [3.8, 4) is 5.75 Å². The van der Waals surface area contributed by atoms with E-state index in [-0.39, 0.29) is 18.1 Å². The zero-order valence-electron chi connectivity index (χ0n) is 14.9. The molecule has 144 valence electrons. The summed E-state index contributed by atoms with van der Waals surface area (Å²) in [5.41, 5.74) is 2.05. The number of halogens is 1. The number of aliphatic carboxylic acids is 1. The Balaban J connectivity index is 1.54. The van der Waals surface area contributed by atoms with E-state index in [1.54, 1.807) is 18.3 Å². The van der Waals surface area contributed by atoms with Gasteiger partial charge in [0.25, 0.3) is 0 Å².